The van der Waals surface area contributed by atoms with Gasteiger partial charge in [-0.15, -0.1) is 0 Å². The van der Waals surface area contributed by atoms with E-state index in [-0.39, 0.29) is 5.91 Å². The summed E-state index contributed by atoms with van der Waals surface area (Å²) in [5.74, 6) is 0.0528. The number of hydrogen-bond donors (Lipinski definition) is 0. The quantitative estimate of drug-likeness (QED) is 0.567. The van der Waals surface area contributed by atoms with E-state index in [0.29, 0.717) is 10.9 Å². The van der Waals surface area contributed by atoms with Crippen LogP contribution in [-0.2, 0) is 4.79 Å². The largest absolute Gasteiger partial charge is 0.293 e. The highest BCUT2D eigenvalue weighted by Gasteiger charge is 2.35. The number of aryl methyl sites for hydroxylation is 1. The van der Waals surface area contributed by atoms with E-state index < -0.39 is 0 Å². The average molecular weight is 326 g/mol. The van der Waals surface area contributed by atoms with Crippen LogP contribution in [0.4, 0.5) is 0 Å². The van der Waals surface area contributed by atoms with Gasteiger partial charge >= 0.3 is 0 Å². The van der Waals surface area contributed by atoms with Gasteiger partial charge in [0.05, 0.1) is 4.24 Å². The van der Waals surface area contributed by atoms with Crippen LogP contribution in [0.1, 0.15) is 12.5 Å². The van der Waals surface area contributed by atoms with Crippen LogP contribution in [0.5, 0.6) is 0 Å². The van der Waals surface area contributed by atoms with Gasteiger partial charge < -0.3 is 0 Å². The Kier molecular flexibility index (Phi) is 3.68. The first-order chi connectivity index (χ1) is 9.10. The summed E-state index contributed by atoms with van der Waals surface area (Å²) < 4.78 is 1.73. The number of fused-ring (bicyclic) bond motifs is 1. The third-order valence-electron chi connectivity index (χ3n) is 2.86. The molecule has 2 aliphatic heterocycles. The molecular weight excluding hydrogens is 314 g/mol. The summed E-state index contributed by atoms with van der Waals surface area (Å²) in [5.41, 5.74) is 1.24. The van der Waals surface area contributed by atoms with Gasteiger partial charge in [-0.25, -0.2) is 0 Å². The minimum absolute atomic E-state index is 0.0528. The molecule has 0 aliphatic carbocycles. The molecule has 2 aliphatic rings. The second kappa shape index (κ2) is 5.16. The first kappa shape index (κ1) is 13.5. The van der Waals surface area contributed by atoms with Crippen molar-refractivity contribution >= 4 is 57.7 Å². The zero-order valence-corrected chi connectivity index (χ0v) is 13.7. The van der Waals surface area contributed by atoms with E-state index in [4.69, 9.17) is 12.2 Å². The van der Waals surface area contributed by atoms with Crippen LogP contribution >= 0.6 is 47.5 Å². The van der Waals surface area contributed by atoms with Gasteiger partial charge in [-0.05, 0) is 31.5 Å². The minimum atomic E-state index is 0.0528. The second-order valence-corrected chi connectivity index (χ2v) is 8.20. The normalized spacial score (nSPS) is 22.3. The maximum atomic E-state index is 12.3. The molecule has 2 heterocycles. The van der Waals surface area contributed by atoms with Gasteiger partial charge in [0, 0.05) is 16.3 Å². The van der Waals surface area contributed by atoms with Crippen molar-refractivity contribution < 1.29 is 4.79 Å². The monoisotopic (exact) mass is 325 g/mol. The first-order valence-electron chi connectivity index (χ1n) is 5.84. The molecule has 1 aromatic carbocycles. The summed E-state index contributed by atoms with van der Waals surface area (Å²) in [4.78, 5) is 17.2. The van der Waals surface area contributed by atoms with Gasteiger partial charge in [0.1, 0.15) is 9.23 Å². The van der Waals surface area contributed by atoms with Crippen molar-refractivity contribution in [3.63, 3.8) is 0 Å². The Bertz CT molecular complexity index is 623. The number of carbonyl (C=O) groups excluding carboxylic acids is 1. The topological polar surface area (TPSA) is 20.3 Å². The number of thioether (sulfide) groups is 3. The number of thiocarbonyl (C=S) groups is 1. The molecule has 0 spiro atoms. The number of nitrogens with zero attached hydrogens (tertiary/aromatic N) is 1. The van der Waals surface area contributed by atoms with Crippen LogP contribution in [-0.4, -0.2) is 21.7 Å². The van der Waals surface area contributed by atoms with Crippen molar-refractivity contribution in [2.24, 2.45) is 0 Å². The van der Waals surface area contributed by atoms with E-state index in [2.05, 4.69) is 25.1 Å². The Labute approximate surface area is 130 Å². The first-order valence-corrected chi connectivity index (χ1v) is 8.70. The summed E-state index contributed by atoms with van der Waals surface area (Å²) in [7, 11) is 0. The van der Waals surface area contributed by atoms with Gasteiger partial charge in [0.15, 0.2) is 0 Å². The third-order valence-corrected chi connectivity index (χ3v) is 7.10. The van der Waals surface area contributed by atoms with Crippen LogP contribution < -0.4 is 0 Å². The van der Waals surface area contributed by atoms with Gasteiger partial charge in [0.25, 0.3) is 5.91 Å². The maximum Gasteiger partial charge on any atom is 0.267 e. The molecule has 19 heavy (non-hydrogen) atoms. The highest BCUT2D eigenvalue weighted by atomic mass is 32.2. The number of amides is 1. The summed E-state index contributed by atoms with van der Waals surface area (Å²) in [6.45, 7) is 4.67. The molecule has 0 radical (unpaired) electrons. The molecule has 0 unspecified atom stereocenters. The van der Waals surface area contributed by atoms with Gasteiger partial charge in [-0.3, -0.25) is 9.69 Å². The summed E-state index contributed by atoms with van der Waals surface area (Å²) in [6, 6.07) is 6.39. The third kappa shape index (κ3) is 2.35. The van der Waals surface area contributed by atoms with E-state index in [9.17, 15) is 4.79 Å². The smallest absolute Gasteiger partial charge is 0.267 e. The lowest BCUT2D eigenvalue weighted by Crippen LogP contribution is -2.27. The molecule has 0 N–H and O–H groups in total. The SMILES string of the molecule is CCN1C(=O)C(=C2Sc3ccc(C)cc3S2)SC1=S. The van der Waals surface area contributed by atoms with E-state index in [1.54, 1.807) is 28.4 Å². The Morgan fingerprint density at radius 1 is 1.21 bits per heavy atom. The van der Waals surface area contributed by atoms with E-state index >= 15 is 0 Å². The molecule has 3 rings (SSSR count). The molecular formula is C13H11NOS4. The van der Waals surface area contributed by atoms with E-state index in [1.807, 2.05) is 6.92 Å². The molecule has 1 amide bonds. The lowest BCUT2D eigenvalue weighted by atomic mass is 10.2. The van der Waals surface area contributed by atoms with Crippen molar-refractivity contribution in [2.75, 3.05) is 6.54 Å². The fourth-order valence-corrected chi connectivity index (χ4v) is 6.05. The van der Waals surface area contributed by atoms with Gasteiger partial charge in [0.2, 0.25) is 0 Å². The fourth-order valence-electron chi connectivity index (χ4n) is 1.89. The molecule has 98 valence electrons. The van der Waals surface area contributed by atoms with Crippen molar-refractivity contribution in [1.29, 1.82) is 0 Å². The molecule has 1 aromatic rings. The zero-order chi connectivity index (χ0) is 13.6. The van der Waals surface area contributed by atoms with Gasteiger partial charge in [-0.2, -0.15) is 0 Å². The Hall–Kier alpha value is -0.430. The van der Waals surface area contributed by atoms with Gasteiger partial charge in [-0.1, -0.05) is 53.6 Å². The molecule has 0 saturated carbocycles. The standard InChI is InChI=1S/C13H11NOS4/c1-3-14-11(15)10(19-13(14)16)12-17-8-5-4-7(2)6-9(8)18-12/h4-6H,3H2,1-2H3. The highest BCUT2D eigenvalue weighted by Crippen LogP contribution is 2.55. The van der Waals surface area contributed by atoms with Crippen LogP contribution in [0, 0.1) is 6.92 Å². The summed E-state index contributed by atoms with van der Waals surface area (Å²) in [6.07, 6.45) is 0. The Balaban J connectivity index is 1.96. The number of rotatable bonds is 1. The Morgan fingerprint density at radius 2 is 1.95 bits per heavy atom. The molecule has 6 heteroatoms. The van der Waals surface area contributed by atoms with Crippen molar-refractivity contribution in [2.45, 2.75) is 23.6 Å². The van der Waals surface area contributed by atoms with Crippen LogP contribution in [0.2, 0.25) is 0 Å². The van der Waals surface area contributed by atoms with Crippen molar-refractivity contribution in [3.8, 4) is 0 Å². The predicted molar refractivity (Wildman–Crippen MR) is 87.5 cm³/mol. The molecule has 2 nitrogen and oxygen atoms in total. The van der Waals surface area contributed by atoms with Crippen LogP contribution in [0.25, 0.3) is 0 Å². The molecule has 0 bridgehead atoms. The molecule has 1 saturated heterocycles. The van der Waals surface area contributed by atoms with Crippen LogP contribution in [0.15, 0.2) is 37.1 Å². The minimum Gasteiger partial charge on any atom is -0.293 e. The molecule has 1 fully saturated rings. The molecule has 0 atom stereocenters. The number of benzene rings is 1. The summed E-state index contributed by atoms with van der Waals surface area (Å²) >= 11 is 10.0. The molecule has 0 aromatic heterocycles. The van der Waals surface area contributed by atoms with Crippen LogP contribution in [0.3, 0.4) is 0 Å². The second-order valence-electron chi connectivity index (χ2n) is 4.19. The number of hydrogen-bond acceptors (Lipinski definition) is 5. The predicted octanol–water partition coefficient (Wildman–Crippen LogP) is 4.24. The Morgan fingerprint density at radius 3 is 2.63 bits per heavy atom. The lowest BCUT2D eigenvalue weighted by Gasteiger charge is -2.09. The highest BCUT2D eigenvalue weighted by molar-refractivity contribution is 8.30. The lowest BCUT2D eigenvalue weighted by molar-refractivity contribution is -0.122. The van der Waals surface area contributed by atoms with Crippen molar-refractivity contribution in [3.05, 3.63) is 32.9 Å². The fraction of sp³-hybridized carbons (Fsp3) is 0.231. The zero-order valence-electron chi connectivity index (χ0n) is 10.4. The number of carbonyl (C=O) groups is 1. The maximum absolute atomic E-state index is 12.3. The number of likely N-dealkylation sites (N-methyl/N-ethyl adjacent to an activating group) is 1. The van der Waals surface area contributed by atoms with Crippen molar-refractivity contribution in [1.82, 2.24) is 4.90 Å². The van der Waals surface area contributed by atoms with E-state index in [1.165, 1.54) is 27.1 Å². The summed E-state index contributed by atoms with van der Waals surface area (Å²) in [5, 5.41) is 0. The average Bonchev–Trinajstić information content (AvgIpc) is 2.90. The van der Waals surface area contributed by atoms with E-state index in [0.717, 1.165) is 9.14 Å².